The van der Waals surface area contributed by atoms with Crippen LogP contribution in [0.1, 0.15) is 65.6 Å². The zero-order chi connectivity index (χ0) is 25.1. The summed E-state index contributed by atoms with van der Waals surface area (Å²) in [7, 11) is 1.62. The minimum Gasteiger partial charge on any atom is -0.507 e. The van der Waals surface area contributed by atoms with Gasteiger partial charge >= 0.3 is 6.09 Å². The van der Waals surface area contributed by atoms with Crippen LogP contribution in [0.3, 0.4) is 0 Å². The van der Waals surface area contributed by atoms with Crippen molar-refractivity contribution in [2.24, 2.45) is 7.05 Å². The average Bonchev–Trinajstić information content (AvgIpc) is 3.53. The van der Waals surface area contributed by atoms with E-state index in [9.17, 15) is 19.5 Å². The first-order valence-corrected chi connectivity index (χ1v) is 11.4. The Balaban J connectivity index is 1.41. The lowest BCUT2D eigenvalue weighted by atomic mass is 10.0. The smallest absolute Gasteiger partial charge is 0.407 e. The molecule has 1 fully saturated rings. The third-order valence-electron chi connectivity index (χ3n) is 5.93. The number of aromatic nitrogens is 4. The zero-order valence-electron chi connectivity index (χ0n) is 19.7. The number of H-pyrrole nitrogens is 1. The van der Waals surface area contributed by atoms with E-state index in [4.69, 9.17) is 4.74 Å². The lowest BCUT2D eigenvalue weighted by Crippen LogP contribution is -2.33. The fraction of sp³-hybridized carbons (Fsp3) is 0.375. The van der Waals surface area contributed by atoms with Gasteiger partial charge in [0.2, 0.25) is 0 Å². The van der Waals surface area contributed by atoms with Crippen LogP contribution in [0.5, 0.6) is 5.75 Å². The first kappa shape index (κ1) is 24.0. The highest BCUT2D eigenvalue weighted by molar-refractivity contribution is 6.03. The second-order valence-electron chi connectivity index (χ2n) is 8.89. The van der Waals surface area contributed by atoms with E-state index in [0.29, 0.717) is 29.8 Å². The maximum atomic E-state index is 12.9. The molecule has 0 saturated heterocycles. The SMILES string of the molecule is CC(C)NC(=O)O[C@@H]1CC[C@H](c2cc(NC(=O)c3cc(-c4cccc(O)c4C=O)nn3C)n[nH]2)C1. The van der Waals surface area contributed by atoms with Crippen molar-refractivity contribution in [2.45, 2.75) is 51.2 Å². The number of nitrogens with zero attached hydrogens (tertiary/aromatic N) is 3. The number of benzene rings is 1. The molecule has 4 rings (SSSR count). The van der Waals surface area contributed by atoms with E-state index in [-0.39, 0.29) is 35.1 Å². The molecule has 2 amide bonds. The van der Waals surface area contributed by atoms with Crippen LogP contribution in [-0.2, 0) is 11.8 Å². The number of ether oxygens (including phenoxy) is 1. The van der Waals surface area contributed by atoms with Crippen molar-refractivity contribution in [3.8, 4) is 17.0 Å². The summed E-state index contributed by atoms with van der Waals surface area (Å²) in [4.78, 5) is 36.1. The van der Waals surface area contributed by atoms with E-state index in [1.807, 2.05) is 13.8 Å². The highest BCUT2D eigenvalue weighted by Gasteiger charge is 2.30. The van der Waals surface area contributed by atoms with Crippen LogP contribution in [0.2, 0.25) is 0 Å². The summed E-state index contributed by atoms with van der Waals surface area (Å²) in [5.41, 5.74) is 2.04. The maximum Gasteiger partial charge on any atom is 0.407 e. The standard InChI is InChI=1S/C24H28N6O5/c1-13(2)25-24(34)35-15-8-7-14(9-15)18-11-22(28-27-18)26-23(33)20-10-19(29-30(20)3)16-5-4-6-21(32)17(16)12-31/h4-6,10-15,32H,7-9H2,1-3H3,(H,25,34)(H2,26,27,28,33)/t14-,15+/m0/s1. The number of aromatic amines is 1. The Morgan fingerprint density at radius 2 is 2.09 bits per heavy atom. The molecule has 0 aliphatic heterocycles. The zero-order valence-corrected chi connectivity index (χ0v) is 19.7. The van der Waals surface area contributed by atoms with E-state index in [1.165, 1.54) is 10.7 Å². The number of nitrogens with one attached hydrogen (secondary N) is 3. The maximum absolute atomic E-state index is 12.9. The monoisotopic (exact) mass is 480 g/mol. The number of carbonyl (C=O) groups is 3. The normalized spacial score (nSPS) is 17.4. The minimum absolute atomic E-state index is 0.0147. The van der Waals surface area contributed by atoms with Gasteiger partial charge < -0.3 is 20.5 Å². The van der Waals surface area contributed by atoms with E-state index in [1.54, 1.807) is 31.3 Å². The number of rotatable bonds is 7. The average molecular weight is 481 g/mol. The Bertz CT molecular complexity index is 1250. The first-order chi connectivity index (χ1) is 16.7. The van der Waals surface area contributed by atoms with Crippen LogP contribution < -0.4 is 10.6 Å². The number of anilines is 1. The Labute approximate surface area is 201 Å². The summed E-state index contributed by atoms with van der Waals surface area (Å²) in [6, 6.07) is 8.01. The predicted molar refractivity (Wildman–Crippen MR) is 127 cm³/mol. The molecule has 1 aliphatic rings. The number of aromatic hydroxyl groups is 1. The number of amides is 2. The van der Waals surface area contributed by atoms with Crippen molar-refractivity contribution in [3.63, 3.8) is 0 Å². The van der Waals surface area contributed by atoms with Crippen molar-refractivity contribution < 1.29 is 24.2 Å². The molecule has 1 saturated carbocycles. The molecule has 1 aliphatic carbocycles. The summed E-state index contributed by atoms with van der Waals surface area (Å²) < 4.78 is 6.88. The summed E-state index contributed by atoms with van der Waals surface area (Å²) >= 11 is 0. The third-order valence-corrected chi connectivity index (χ3v) is 5.93. The van der Waals surface area contributed by atoms with Gasteiger partial charge in [-0.15, -0.1) is 0 Å². The fourth-order valence-corrected chi connectivity index (χ4v) is 4.25. The number of phenolic OH excluding ortho intramolecular Hbond substituents is 1. The van der Waals surface area contributed by atoms with Crippen molar-refractivity contribution in [1.29, 1.82) is 0 Å². The van der Waals surface area contributed by atoms with Gasteiger partial charge in [-0.25, -0.2) is 4.79 Å². The molecule has 3 aromatic rings. The number of phenols is 1. The molecule has 11 nitrogen and oxygen atoms in total. The number of alkyl carbamates (subject to hydrolysis) is 1. The van der Waals surface area contributed by atoms with Crippen LogP contribution >= 0.6 is 0 Å². The van der Waals surface area contributed by atoms with Crippen LogP contribution in [0.15, 0.2) is 30.3 Å². The summed E-state index contributed by atoms with van der Waals surface area (Å²) in [6.07, 6.45) is 2.25. The van der Waals surface area contributed by atoms with Gasteiger partial charge in [0.15, 0.2) is 12.1 Å². The molecule has 2 atom stereocenters. The molecule has 4 N–H and O–H groups in total. The Morgan fingerprint density at radius 1 is 1.29 bits per heavy atom. The van der Waals surface area contributed by atoms with Gasteiger partial charge in [0.05, 0.1) is 11.3 Å². The number of aldehydes is 1. The highest BCUT2D eigenvalue weighted by Crippen LogP contribution is 2.36. The quantitative estimate of drug-likeness (QED) is 0.379. The molecular weight excluding hydrogens is 452 g/mol. The Morgan fingerprint density at radius 3 is 2.83 bits per heavy atom. The summed E-state index contributed by atoms with van der Waals surface area (Å²) in [6.45, 7) is 3.75. The molecule has 0 radical (unpaired) electrons. The summed E-state index contributed by atoms with van der Waals surface area (Å²) in [5, 5.41) is 26.9. The third kappa shape index (κ3) is 5.34. The Hall–Kier alpha value is -4.15. The fourth-order valence-electron chi connectivity index (χ4n) is 4.25. The topological polar surface area (TPSA) is 151 Å². The van der Waals surface area contributed by atoms with Crippen LogP contribution in [0, 0.1) is 0 Å². The van der Waals surface area contributed by atoms with Gasteiger partial charge in [-0.3, -0.25) is 19.4 Å². The number of carbonyl (C=O) groups excluding carboxylic acids is 3. The van der Waals surface area contributed by atoms with Crippen LogP contribution in [0.25, 0.3) is 11.3 Å². The first-order valence-electron chi connectivity index (χ1n) is 11.4. The lowest BCUT2D eigenvalue weighted by molar-refractivity contribution is 0.0979. The lowest BCUT2D eigenvalue weighted by Gasteiger charge is -2.14. The molecule has 0 unspecified atom stereocenters. The second kappa shape index (κ2) is 10.00. The van der Waals surface area contributed by atoms with Gasteiger partial charge in [-0.05, 0) is 45.2 Å². The van der Waals surface area contributed by atoms with Gasteiger partial charge in [-0.2, -0.15) is 10.2 Å². The molecule has 11 heteroatoms. The summed E-state index contributed by atoms with van der Waals surface area (Å²) in [5.74, 6) is -0.0742. The molecule has 1 aromatic carbocycles. The van der Waals surface area contributed by atoms with Gasteiger partial charge in [0, 0.05) is 36.3 Å². The van der Waals surface area contributed by atoms with Gasteiger partial charge in [-0.1, -0.05) is 12.1 Å². The van der Waals surface area contributed by atoms with Crippen molar-refractivity contribution in [1.82, 2.24) is 25.3 Å². The molecule has 35 heavy (non-hydrogen) atoms. The molecule has 2 heterocycles. The number of hydrogen-bond donors (Lipinski definition) is 4. The Kier molecular flexibility index (Phi) is 6.85. The van der Waals surface area contributed by atoms with Crippen molar-refractivity contribution in [3.05, 3.63) is 47.3 Å². The number of aryl methyl sites for hydroxylation is 1. The van der Waals surface area contributed by atoms with E-state index in [0.717, 1.165) is 18.5 Å². The highest BCUT2D eigenvalue weighted by atomic mass is 16.6. The molecular formula is C24H28N6O5. The largest absolute Gasteiger partial charge is 0.507 e. The number of hydrogen-bond acceptors (Lipinski definition) is 7. The van der Waals surface area contributed by atoms with Crippen LogP contribution in [0.4, 0.5) is 10.6 Å². The van der Waals surface area contributed by atoms with Crippen LogP contribution in [-0.4, -0.2) is 55.5 Å². The minimum atomic E-state index is -0.421. The second-order valence-corrected chi connectivity index (χ2v) is 8.89. The van der Waals surface area contributed by atoms with Gasteiger partial charge in [0.1, 0.15) is 17.5 Å². The van der Waals surface area contributed by atoms with E-state index >= 15 is 0 Å². The van der Waals surface area contributed by atoms with E-state index in [2.05, 4.69) is 25.9 Å². The van der Waals surface area contributed by atoms with Gasteiger partial charge in [0.25, 0.3) is 5.91 Å². The molecule has 0 bridgehead atoms. The predicted octanol–water partition coefficient (Wildman–Crippen LogP) is 3.35. The van der Waals surface area contributed by atoms with Crippen molar-refractivity contribution >= 4 is 24.1 Å². The van der Waals surface area contributed by atoms with Crippen molar-refractivity contribution in [2.75, 3.05) is 5.32 Å². The molecule has 2 aromatic heterocycles. The molecule has 184 valence electrons. The van der Waals surface area contributed by atoms with E-state index < -0.39 is 12.0 Å². The molecule has 0 spiro atoms.